The van der Waals surface area contributed by atoms with Crippen molar-refractivity contribution in [1.29, 1.82) is 0 Å². The Bertz CT molecular complexity index is 521. The summed E-state index contributed by atoms with van der Waals surface area (Å²) in [6, 6.07) is 6.20. The molecular weight excluding hydrogens is 240 g/mol. The zero-order valence-corrected chi connectivity index (χ0v) is 11.7. The minimum absolute atomic E-state index is 0.129. The van der Waals surface area contributed by atoms with Gasteiger partial charge in [-0.3, -0.25) is 4.98 Å². The Kier molecular flexibility index (Phi) is 4.57. The average molecular weight is 260 g/mol. The van der Waals surface area contributed by atoms with E-state index in [1.54, 1.807) is 7.05 Å². The first-order chi connectivity index (χ1) is 9.19. The smallest absolute Gasteiger partial charge is 0.176 e. The lowest BCUT2D eigenvalue weighted by molar-refractivity contribution is 0.505. The van der Waals surface area contributed by atoms with Crippen LogP contribution in [0.3, 0.4) is 0 Å². The van der Waals surface area contributed by atoms with Crippen LogP contribution in [-0.4, -0.2) is 31.7 Å². The predicted octanol–water partition coefficient (Wildman–Crippen LogP) is 1.20. The first kappa shape index (κ1) is 13.6. The molecular formula is C13H20N6. The van der Waals surface area contributed by atoms with Crippen LogP contribution in [0.1, 0.15) is 36.6 Å². The molecule has 0 bridgehead atoms. The molecule has 0 aliphatic heterocycles. The maximum atomic E-state index is 4.58. The van der Waals surface area contributed by atoms with E-state index >= 15 is 0 Å². The van der Waals surface area contributed by atoms with Gasteiger partial charge in [-0.15, -0.1) is 10.2 Å². The van der Waals surface area contributed by atoms with Gasteiger partial charge in [0.1, 0.15) is 0 Å². The van der Waals surface area contributed by atoms with Gasteiger partial charge in [0, 0.05) is 12.1 Å². The molecule has 2 heterocycles. The van der Waals surface area contributed by atoms with Crippen LogP contribution in [0.15, 0.2) is 18.2 Å². The van der Waals surface area contributed by atoms with Gasteiger partial charge in [0.15, 0.2) is 5.82 Å². The molecule has 0 spiro atoms. The van der Waals surface area contributed by atoms with E-state index in [-0.39, 0.29) is 6.04 Å². The highest BCUT2D eigenvalue weighted by atomic mass is 15.6. The van der Waals surface area contributed by atoms with Crippen molar-refractivity contribution in [3.63, 3.8) is 0 Å². The Morgan fingerprint density at radius 3 is 2.84 bits per heavy atom. The summed E-state index contributed by atoms with van der Waals surface area (Å²) in [5.41, 5.74) is 2.05. The summed E-state index contributed by atoms with van der Waals surface area (Å²) in [4.78, 5) is 6.07. The third-order valence-electron chi connectivity index (χ3n) is 2.84. The van der Waals surface area contributed by atoms with Crippen LogP contribution in [0, 0.1) is 6.92 Å². The molecule has 1 N–H and O–H groups in total. The molecule has 0 aromatic carbocycles. The molecule has 2 aromatic heterocycles. The van der Waals surface area contributed by atoms with E-state index in [2.05, 4.69) is 32.6 Å². The minimum atomic E-state index is 0.129. The summed E-state index contributed by atoms with van der Waals surface area (Å²) in [6.07, 6.45) is 1.78. The quantitative estimate of drug-likeness (QED) is 0.845. The Hall–Kier alpha value is -1.82. The van der Waals surface area contributed by atoms with Crippen molar-refractivity contribution in [2.45, 2.75) is 32.7 Å². The number of aromatic nitrogens is 5. The summed E-state index contributed by atoms with van der Waals surface area (Å²) in [7, 11) is 1.77. The number of pyridine rings is 1. The molecule has 2 rings (SSSR count). The molecule has 102 valence electrons. The van der Waals surface area contributed by atoms with E-state index in [9.17, 15) is 0 Å². The largest absolute Gasteiger partial charge is 0.308 e. The van der Waals surface area contributed by atoms with Gasteiger partial charge in [-0.25, -0.2) is 0 Å². The average Bonchev–Trinajstić information content (AvgIpc) is 2.80. The van der Waals surface area contributed by atoms with Gasteiger partial charge in [0.25, 0.3) is 0 Å². The summed E-state index contributed by atoms with van der Waals surface area (Å²) in [5.74, 6) is 0.736. The maximum absolute atomic E-state index is 4.58. The van der Waals surface area contributed by atoms with Crippen LogP contribution < -0.4 is 5.32 Å². The molecule has 19 heavy (non-hydrogen) atoms. The number of aryl methyl sites for hydroxylation is 2. The number of nitrogens with one attached hydrogen (secondary N) is 1. The van der Waals surface area contributed by atoms with Crippen molar-refractivity contribution < 1.29 is 0 Å². The van der Waals surface area contributed by atoms with E-state index in [1.807, 2.05) is 25.1 Å². The third-order valence-corrected chi connectivity index (χ3v) is 2.84. The summed E-state index contributed by atoms with van der Waals surface area (Å²) >= 11 is 0. The minimum Gasteiger partial charge on any atom is -0.308 e. The molecule has 0 aliphatic carbocycles. The standard InChI is InChI=1S/C13H20N6/c1-4-8-14-12(9-13-16-18-19(3)17-13)11-7-5-6-10(2)15-11/h5-7,12,14H,4,8-9H2,1-3H3. The molecule has 6 nitrogen and oxygen atoms in total. The van der Waals surface area contributed by atoms with Gasteiger partial charge in [-0.1, -0.05) is 13.0 Å². The second kappa shape index (κ2) is 6.38. The van der Waals surface area contributed by atoms with Crippen LogP contribution in [0.25, 0.3) is 0 Å². The lowest BCUT2D eigenvalue weighted by Crippen LogP contribution is -2.25. The van der Waals surface area contributed by atoms with E-state index in [1.165, 1.54) is 4.80 Å². The predicted molar refractivity (Wildman–Crippen MR) is 72.5 cm³/mol. The van der Waals surface area contributed by atoms with Gasteiger partial charge < -0.3 is 5.32 Å². The molecule has 1 unspecified atom stereocenters. The van der Waals surface area contributed by atoms with Crippen molar-refractivity contribution in [3.05, 3.63) is 35.4 Å². The number of nitrogens with zero attached hydrogens (tertiary/aromatic N) is 5. The van der Waals surface area contributed by atoms with Crippen molar-refractivity contribution in [2.24, 2.45) is 7.05 Å². The molecule has 6 heteroatoms. The van der Waals surface area contributed by atoms with Crippen molar-refractivity contribution in [1.82, 2.24) is 30.5 Å². The monoisotopic (exact) mass is 260 g/mol. The number of rotatable bonds is 6. The third kappa shape index (κ3) is 3.82. The van der Waals surface area contributed by atoms with Crippen LogP contribution in [0.5, 0.6) is 0 Å². The van der Waals surface area contributed by atoms with Gasteiger partial charge >= 0.3 is 0 Å². The highest BCUT2D eigenvalue weighted by Gasteiger charge is 2.15. The second-order valence-corrected chi connectivity index (χ2v) is 4.61. The fourth-order valence-electron chi connectivity index (χ4n) is 1.95. The molecule has 0 saturated carbocycles. The summed E-state index contributed by atoms with van der Waals surface area (Å²) < 4.78 is 0. The van der Waals surface area contributed by atoms with Crippen molar-refractivity contribution in [3.8, 4) is 0 Å². The fraction of sp³-hybridized carbons (Fsp3) is 0.538. The zero-order valence-electron chi connectivity index (χ0n) is 11.7. The summed E-state index contributed by atoms with van der Waals surface area (Å²) in [6.45, 7) is 5.09. The van der Waals surface area contributed by atoms with E-state index < -0.39 is 0 Å². The van der Waals surface area contributed by atoms with Gasteiger partial charge in [-0.05, 0) is 37.2 Å². The normalized spacial score (nSPS) is 12.6. The first-order valence-electron chi connectivity index (χ1n) is 6.59. The molecule has 0 aliphatic rings. The van der Waals surface area contributed by atoms with Crippen LogP contribution in [0.2, 0.25) is 0 Å². The van der Waals surface area contributed by atoms with E-state index in [0.29, 0.717) is 6.42 Å². The zero-order chi connectivity index (χ0) is 13.7. The first-order valence-corrected chi connectivity index (χ1v) is 6.59. The van der Waals surface area contributed by atoms with Crippen LogP contribution in [0.4, 0.5) is 0 Å². The second-order valence-electron chi connectivity index (χ2n) is 4.61. The van der Waals surface area contributed by atoms with E-state index in [4.69, 9.17) is 0 Å². The Balaban J connectivity index is 2.15. The lowest BCUT2D eigenvalue weighted by Gasteiger charge is -2.16. The molecule has 2 aromatic rings. The Morgan fingerprint density at radius 2 is 2.21 bits per heavy atom. The Labute approximate surface area is 113 Å². The molecule has 0 fully saturated rings. The number of hydrogen-bond acceptors (Lipinski definition) is 5. The van der Waals surface area contributed by atoms with E-state index in [0.717, 1.165) is 30.2 Å². The van der Waals surface area contributed by atoms with Gasteiger partial charge in [0.05, 0.1) is 18.8 Å². The maximum Gasteiger partial charge on any atom is 0.176 e. The van der Waals surface area contributed by atoms with Crippen LogP contribution >= 0.6 is 0 Å². The molecule has 0 radical (unpaired) electrons. The lowest BCUT2D eigenvalue weighted by atomic mass is 10.1. The summed E-state index contributed by atoms with van der Waals surface area (Å²) in [5, 5.41) is 15.6. The molecule has 1 atom stereocenters. The van der Waals surface area contributed by atoms with Gasteiger partial charge in [0.2, 0.25) is 0 Å². The van der Waals surface area contributed by atoms with Crippen LogP contribution in [-0.2, 0) is 13.5 Å². The molecule has 0 amide bonds. The number of hydrogen-bond donors (Lipinski definition) is 1. The molecule has 0 saturated heterocycles. The van der Waals surface area contributed by atoms with Crippen molar-refractivity contribution in [2.75, 3.05) is 6.54 Å². The number of tetrazole rings is 1. The highest BCUT2D eigenvalue weighted by molar-refractivity contribution is 5.14. The van der Waals surface area contributed by atoms with Gasteiger partial charge in [-0.2, -0.15) is 4.80 Å². The Morgan fingerprint density at radius 1 is 1.37 bits per heavy atom. The highest BCUT2D eigenvalue weighted by Crippen LogP contribution is 2.14. The van der Waals surface area contributed by atoms with Crippen molar-refractivity contribution >= 4 is 0 Å². The SMILES string of the molecule is CCCNC(Cc1nnn(C)n1)c1cccc(C)n1. The topological polar surface area (TPSA) is 68.5 Å². The fourth-order valence-corrected chi connectivity index (χ4v) is 1.95.